The van der Waals surface area contributed by atoms with Crippen LogP contribution in [-0.2, 0) is 9.36 Å². The largest absolute Gasteiger partial charge is 0.412 e. The van der Waals surface area contributed by atoms with E-state index in [9.17, 15) is 9.36 Å². The molecule has 15 heavy (non-hydrogen) atoms. The van der Waals surface area contributed by atoms with Gasteiger partial charge in [-0.25, -0.2) is 0 Å². The van der Waals surface area contributed by atoms with Crippen LogP contribution < -0.4 is 0 Å². The molecule has 0 amide bonds. The minimum Gasteiger partial charge on any atom is -0.412 e. The van der Waals surface area contributed by atoms with Crippen LogP contribution in [0.2, 0.25) is 0 Å². The zero-order chi connectivity index (χ0) is 11.6. The fourth-order valence-electron chi connectivity index (χ4n) is 1.05. The SMILES string of the molecule is CCCCC(C)C(=O)C[P+](C)=O.CO.O. The van der Waals surface area contributed by atoms with Crippen LogP contribution in [0.3, 0.4) is 0 Å². The number of hydrogen-bond acceptors (Lipinski definition) is 3. The van der Waals surface area contributed by atoms with Crippen molar-refractivity contribution in [2.24, 2.45) is 5.92 Å². The van der Waals surface area contributed by atoms with Crippen LogP contribution >= 0.6 is 7.80 Å². The Balaban J connectivity index is -0.000000449. The molecule has 5 heteroatoms. The molecule has 0 aromatic heterocycles. The minimum absolute atomic E-state index is 0. The first-order valence-electron chi connectivity index (χ1n) is 4.93. The Hall–Kier alpha value is -0.310. The van der Waals surface area contributed by atoms with Gasteiger partial charge in [-0.05, 0) is 6.42 Å². The topological polar surface area (TPSA) is 85.9 Å². The summed E-state index contributed by atoms with van der Waals surface area (Å²) in [6, 6.07) is 0. The summed E-state index contributed by atoms with van der Waals surface area (Å²) in [7, 11) is -0.287. The lowest BCUT2D eigenvalue weighted by atomic mass is 10.0. The summed E-state index contributed by atoms with van der Waals surface area (Å²) in [5.74, 6) is 0.260. The van der Waals surface area contributed by atoms with Gasteiger partial charge < -0.3 is 10.6 Å². The summed E-state index contributed by atoms with van der Waals surface area (Å²) in [5, 5.41) is 7.00. The van der Waals surface area contributed by atoms with Crippen LogP contribution in [0, 0.1) is 5.92 Å². The Bertz CT molecular complexity index is 171. The van der Waals surface area contributed by atoms with Crippen molar-refractivity contribution in [3.8, 4) is 0 Å². The molecular formula is C10H24O4P+. The molecule has 2 atom stereocenters. The number of carbonyl (C=O) groups is 1. The summed E-state index contributed by atoms with van der Waals surface area (Å²) in [6.07, 6.45) is 3.42. The average Bonchev–Trinajstić information content (AvgIpc) is 2.16. The summed E-state index contributed by atoms with van der Waals surface area (Å²) in [4.78, 5) is 11.3. The number of hydrogen-bond donors (Lipinski definition) is 1. The fourth-order valence-corrected chi connectivity index (χ4v) is 1.80. The number of Topliss-reactive ketones (excluding diaryl/α,β-unsaturated/α-hetero) is 1. The Morgan fingerprint density at radius 1 is 1.40 bits per heavy atom. The molecule has 0 aromatic rings. The number of aliphatic hydroxyl groups excluding tert-OH is 1. The summed E-state index contributed by atoms with van der Waals surface area (Å²) < 4.78 is 10.8. The van der Waals surface area contributed by atoms with E-state index in [1.165, 1.54) is 0 Å². The number of unbranched alkanes of at least 4 members (excludes halogenated alkanes) is 1. The maximum absolute atomic E-state index is 11.3. The number of carbonyl (C=O) groups excluding carboxylic acids is 1. The first-order valence-corrected chi connectivity index (χ1v) is 6.82. The van der Waals surface area contributed by atoms with Crippen LogP contribution in [0.25, 0.3) is 0 Å². The van der Waals surface area contributed by atoms with Crippen molar-refractivity contribution in [1.82, 2.24) is 0 Å². The van der Waals surface area contributed by atoms with Crippen LogP contribution in [0.4, 0.5) is 0 Å². The van der Waals surface area contributed by atoms with E-state index in [-0.39, 0.29) is 23.3 Å². The van der Waals surface area contributed by atoms with Crippen molar-refractivity contribution in [2.75, 3.05) is 19.9 Å². The maximum atomic E-state index is 11.3. The van der Waals surface area contributed by atoms with Gasteiger partial charge in [0.15, 0.2) is 5.78 Å². The lowest BCUT2D eigenvalue weighted by Crippen LogP contribution is -2.12. The predicted octanol–water partition coefficient (Wildman–Crippen LogP) is 1.62. The summed E-state index contributed by atoms with van der Waals surface area (Å²) in [6.45, 7) is 5.65. The second-order valence-corrected chi connectivity index (χ2v) is 4.87. The van der Waals surface area contributed by atoms with Crippen molar-refractivity contribution in [1.29, 1.82) is 0 Å². The number of ketones is 1. The van der Waals surface area contributed by atoms with Gasteiger partial charge in [-0.15, -0.1) is 0 Å². The van der Waals surface area contributed by atoms with E-state index in [2.05, 4.69) is 6.92 Å². The normalized spacial score (nSPS) is 11.7. The lowest BCUT2D eigenvalue weighted by Gasteiger charge is -2.04. The zero-order valence-corrected chi connectivity index (χ0v) is 11.0. The van der Waals surface area contributed by atoms with E-state index in [1.54, 1.807) is 6.66 Å². The molecular weight excluding hydrogens is 215 g/mol. The first kappa shape index (κ1) is 20.1. The van der Waals surface area contributed by atoms with E-state index in [0.29, 0.717) is 0 Å². The van der Waals surface area contributed by atoms with E-state index in [4.69, 9.17) is 5.11 Å². The van der Waals surface area contributed by atoms with Gasteiger partial charge in [-0.1, -0.05) is 31.3 Å². The van der Waals surface area contributed by atoms with E-state index in [0.717, 1.165) is 26.4 Å². The quantitative estimate of drug-likeness (QED) is 0.714. The average molecular weight is 239 g/mol. The highest BCUT2D eigenvalue weighted by Crippen LogP contribution is 2.18. The molecule has 0 aliphatic rings. The fraction of sp³-hybridized carbons (Fsp3) is 0.900. The molecule has 0 aliphatic heterocycles. The molecule has 0 aliphatic carbocycles. The van der Waals surface area contributed by atoms with Crippen molar-refractivity contribution in [2.45, 2.75) is 33.1 Å². The van der Waals surface area contributed by atoms with Gasteiger partial charge in [0, 0.05) is 13.0 Å². The van der Waals surface area contributed by atoms with Gasteiger partial charge in [0.25, 0.3) is 0 Å². The predicted molar refractivity (Wildman–Crippen MR) is 63.9 cm³/mol. The highest BCUT2D eigenvalue weighted by atomic mass is 31.1. The van der Waals surface area contributed by atoms with Crippen molar-refractivity contribution >= 4 is 13.6 Å². The minimum atomic E-state index is -1.29. The molecule has 0 rings (SSSR count). The molecule has 0 saturated heterocycles. The van der Waals surface area contributed by atoms with E-state index >= 15 is 0 Å². The van der Waals surface area contributed by atoms with Crippen LogP contribution in [0.5, 0.6) is 0 Å². The van der Waals surface area contributed by atoms with Gasteiger partial charge >= 0.3 is 7.80 Å². The third-order valence-corrected chi connectivity index (χ3v) is 2.68. The van der Waals surface area contributed by atoms with Crippen LogP contribution in [0.15, 0.2) is 0 Å². The second-order valence-electron chi connectivity index (χ2n) is 3.30. The van der Waals surface area contributed by atoms with Gasteiger partial charge in [-0.3, -0.25) is 4.79 Å². The first-order chi connectivity index (χ1) is 6.57. The molecule has 4 nitrogen and oxygen atoms in total. The maximum Gasteiger partial charge on any atom is 0.343 e. The Kier molecular flexibility index (Phi) is 18.4. The van der Waals surface area contributed by atoms with Gasteiger partial charge in [-0.2, -0.15) is 0 Å². The van der Waals surface area contributed by atoms with Crippen LogP contribution in [0.1, 0.15) is 33.1 Å². The van der Waals surface area contributed by atoms with Gasteiger partial charge in [0.2, 0.25) is 6.16 Å². The van der Waals surface area contributed by atoms with Gasteiger partial charge in [0.05, 0.1) is 0 Å². The molecule has 3 N–H and O–H groups in total. The molecule has 0 saturated carbocycles. The van der Waals surface area contributed by atoms with E-state index < -0.39 is 7.80 Å². The molecule has 0 spiro atoms. The van der Waals surface area contributed by atoms with Gasteiger partial charge in [0.1, 0.15) is 6.66 Å². The Labute approximate surface area is 93.2 Å². The molecule has 2 unspecified atom stereocenters. The third-order valence-electron chi connectivity index (χ3n) is 1.92. The third kappa shape index (κ3) is 13.7. The van der Waals surface area contributed by atoms with Crippen LogP contribution in [-0.4, -0.2) is 36.3 Å². The number of rotatable bonds is 6. The molecule has 0 heterocycles. The monoisotopic (exact) mass is 239 g/mol. The molecule has 0 aromatic carbocycles. The second kappa shape index (κ2) is 13.7. The van der Waals surface area contributed by atoms with Crippen molar-refractivity contribution < 1.29 is 19.9 Å². The standard InChI is InChI=1S/C9H18O2P.CH4O.H2O/c1-4-5-6-8(2)9(10)7-12(3)11;1-2;/h8H,4-7H2,1-3H3;2H,1H3;1H2/q+1;;. The van der Waals surface area contributed by atoms with Crippen molar-refractivity contribution in [3.63, 3.8) is 0 Å². The highest BCUT2D eigenvalue weighted by Gasteiger charge is 2.19. The van der Waals surface area contributed by atoms with E-state index in [1.807, 2.05) is 6.92 Å². The summed E-state index contributed by atoms with van der Waals surface area (Å²) >= 11 is 0. The molecule has 0 bridgehead atoms. The molecule has 0 radical (unpaired) electrons. The Morgan fingerprint density at radius 3 is 2.20 bits per heavy atom. The highest BCUT2D eigenvalue weighted by molar-refractivity contribution is 7.44. The molecule has 0 fully saturated rings. The molecule has 92 valence electrons. The number of aliphatic hydroxyl groups is 1. The van der Waals surface area contributed by atoms with Crippen molar-refractivity contribution in [3.05, 3.63) is 0 Å². The summed E-state index contributed by atoms with van der Waals surface area (Å²) in [5.41, 5.74) is 0. The Morgan fingerprint density at radius 2 is 1.87 bits per heavy atom. The smallest absolute Gasteiger partial charge is 0.343 e. The lowest BCUT2D eigenvalue weighted by molar-refractivity contribution is -0.120. The zero-order valence-electron chi connectivity index (χ0n) is 10.1.